The molecule has 3 aromatic heterocycles. The van der Waals surface area contributed by atoms with Crippen molar-refractivity contribution in [1.82, 2.24) is 34.8 Å². The molecule has 25 heavy (non-hydrogen) atoms. The van der Waals surface area contributed by atoms with Gasteiger partial charge in [0.15, 0.2) is 17.4 Å². The summed E-state index contributed by atoms with van der Waals surface area (Å²) in [6.07, 6.45) is 7.97. The number of hydrogen-bond donors (Lipinski definition) is 2. The summed E-state index contributed by atoms with van der Waals surface area (Å²) in [7, 11) is 1.77. The number of hydrogen-bond acceptors (Lipinski definition) is 4. The second-order valence-electron chi connectivity index (χ2n) is 5.77. The maximum Gasteiger partial charge on any atom is 0.191 e. The summed E-state index contributed by atoms with van der Waals surface area (Å²) < 4.78 is 4.14. The number of rotatable bonds is 7. The van der Waals surface area contributed by atoms with E-state index in [1.165, 1.54) is 0 Å². The number of pyridine rings is 1. The molecule has 3 aromatic rings. The van der Waals surface area contributed by atoms with Crippen molar-refractivity contribution in [1.29, 1.82) is 0 Å². The Morgan fingerprint density at radius 1 is 1.16 bits per heavy atom. The third-order valence-electron chi connectivity index (χ3n) is 4.06. The average molecular weight is 340 g/mol. The molecular weight excluding hydrogens is 316 g/mol. The number of imidazole rings is 1. The second kappa shape index (κ2) is 8.27. The van der Waals surface area contributed by atoms with Gasteiger partial charge in [-0.3, -0.25) is 9.39 Å². The van der Waals surface area contributed by atoms with Gasteiger partial charge in [0.2, 0.25) is 0 Å². The van der Waals surface area contributed by atoms with Crippen molar-refractivity contribution in [2.24, 2.45) is 4.99 Å². The third kappa shape index (κ3) is 4.34. The van der Waals surface area contributed by atoms with Crippen molar-refractivity contribution in [2.75, 3.05) is 13.6 Å². The van der Waals surface area contributed by atoms with Gasteiger partial charge in [-0.05, 0) is 31.9 Å². The number of aliphatic imine (C=N–C) groups is 1. The first-order chi connectivity index (χ1) is 12.3. The average Bonchev–Trinajstić information content (AvgIpc) is 3.23. The van der Waals surface area contributed by atoms with Crippen molar-refractivity contribution < 1.29 is 0 Å². The highest BCUT2D eigenvalue weighted by Gasteiger charge is 2.05. The molecule has 2 N–H and O–H groups in total. The Labute approximate surface area is 147 Å². The molecule has 132 valence electrons. The lowest BCUT2D eigenvalue weighted by Gasteiger charge is -2.11. The van der Waals surface area contributed by atoms with Gasteiger partial charge in [0.25, 0.3) is 0 Å². The molecule has 0 bridgehead atoms. The Morgan fingerprint density at radius 3 is 2.88 bits per heavy atom. The largest absolute Gasteiger partial charge is 0.356 e. The maximum atomic E-state index is 4.25. The van der Waals surface area contributed by atoms with Crippen LogP contribution in [0.1, 0.15) is 24.5 Å². The Hall–Kier alpha value is -2.90. The van der Waals surface area contributed by atoms with Crippen LogP contribution >= 0.6 is 0 Å². The number of unbranched alkanes of at least 4 members (excludes halogenated alkanes) is 1. The maximum absolute atomic E-state index is 4.25. The van der Waals surface area contributed by atoms with E-state index in [0.29, 0.717) is 6.54 Å². The van der Waals surface area contributed by atoms with E-state index in [1.54, 1.807) is 7.05 Å². The standard InChI is InChI=1S/C17H24N8/c1-14-19-9-12-24(14)10-6-4-8-20-17(18-2)21-13-16-23-22-15-7-3-5-11-25(15)16/h3,5,7,9,11-12H,4,6,8,10,13H2,1-2H3,(H2,18,20,21). The number of guanidine groups is 1. The van der Waals surface area contributed by atoms with Crippen LogP contribution in [0.2, 0.25) is 0 Å². The van der Waals surface area contributed by atoms with Crippen molar-refractivity contribution >= 4 is 11.6 Å². The van der Waals surface area contributed by atoms with Gasteiger partial charge in [-0.2, -0.15) is 0 Å². The summed E-state index contributed by atoms with van der Waals surface area (Å²) >= 11 is 0. The van der Waals surface area contributed by atoms with Crippen LogP contribution in [0.25, 0.3) is 5.65 Å². The van der Waals surface area contributed by atoms with Gasteiger partial charge in [-0.25, -0.2) is 4.98 Å². The molecular formula is C17H24N8. The molecule has 0 aliphatic rings. The molecule has 8 heteroatoms. The van der Waals surface area contributed by atoms with Gasteiger partial charge >= 0.3 is 0 Å². The van der Waals surface area contributed by atoms with E-state index in [0.717, 1.165) is 49.2 Å². The molecule has 0 saturated carbocycles. The molecule has 8 nitrogen and oxygen atoms in total. The van der Waals surface area contributed by atoms with E-state index in [2.05, 4.69) is 35.4 Å². The molecule has 3 heterocycles. The van der Waals surface area contributed by atoms with Gasteiger partial charge in [0.1, 0.15) is 5.82 Å². The van der Waals surface area contributed by atoms with E-state index in [4.69, 9.17) is 0 Å². The molecule has 0 aliphatic carbocycles. The molecule has 0 aliphatic heterocycles. The van der Waals surface area contributed by atoms with Crippen molar-refractivity contribution in [3.63, 3.8) is 0 Å². The predicted octanol–water partition coefficient (Wildman–Crippen LogP) is 1.38. The number of nitrogens with one attached hydrogen (secondary N) is 2. The Kier molecular flexibility index (Phi) is 5.61. The predicted molar refractivity (Wildman–Crippen MR) is 97.4 cm³/mol. The van der Waals surface area contributed by atoms with Crippen LogP contribution in [-0.2, 0) is 13.1 Å². The zero-order chi connectivity index (χ0) is 17.5. The van der Waals surface area contributed by atoms with Crippen LogP contribution in [0.5, 0.6) is 0 Å². The summed E-state index contributed by atoms with van der Waals surface area (Å²) in [5.74, 6) is 2.69. The second-order valence-corrected chi connectivity index (χ2v) is 5.77. The van der Waals surface area contributed by atoms with Crippen molar-refractivity contribution in [2.45, 2.75) is 32.9 Å². The van der Waals surface area contributed by atoms with Gasteiger partial charge in [-0.1, -0.05) is 6.07 Å². The minimum Gasteiger partial charge on any atom is -0.356 e. The highest BCUT2D eigenvalue weighted by molar-refractivity contribution is 5.79. The van der Waals surface area contributed by atoms with E-state index in [-0.39, 0.29) is 0 Å². The van der Waals surface area contributed by atoms with Crippen LogP contribution < -0.4 is 10.6 Å². The summed E-state index contributed by atoms with van der Waals surface area (Å²) in [5, 5.41) is 15.0. The van der Waals surface area contributed by atoms with E-state index in [1.807, 2.05) is 48.1 Å². The summed E-state index contributed by atoms with van der Waals surface area (Å²) in [6, 6.07) is 5.85. The van der Waals surface area contributed by atoms with Gasteiger partial charge in [-0.15, -0.1) is 10.2 Å². The van der Waals surface area contributed by atoms with Crippen LogP contribution in [0.4, 0.5) is 0 Å². The third-order valence-corrected chi connectivity index (χ3v) is 4.06. The smallest absolute Gasteiger partial charge is 0.191 e. The number of fused-ring (bicyclic) bond motifs is 1. The van der Waals surface area contributed by atoms with Gasteiger partial charge in [0.05, 0.1) is 6.54 Å². The Balaban J connectivity index is 1.40. The molecule has 3 rings (SSSR count). The highest BCUT2D eigenvalue weighted by atomic mass is 15.3. The SMILES string of the molecule is CN=C(NCCCCn1ccnc1C)NCc1nnc2ccccn12. The number of aryl methyl sites for hydroxylation is 2. The molecule has 0 aromatic carbocycles. The Bertz CT molecular complexity index is 832. The van der Waals surface area contributed by atoms with Crippen LogP contribution in [0.3, 0.4) is 0 Å². The van der Waals surface area contributed by atoms with Crippen LogP contribution in [0.15, 0.2) is 41.8 Å². The molecule has 0 unspecified atom stereocenters. The minimum atomic E-state index is 0.569. The van der Waals surface area contributed by atoms with E-state index < -0.39 is 0 Å². The lowest BCUT2D eigenvalue weighted by molar-refractivity contribution is 0.588. The molecule has 0 radical (unpaired) electrons. The minimum absolute atomic E-state index is 0.569. The quantitative estimate of drug-likeness (QED) is 0.386. The zero-order valence-electron chi connectivity index (χ0n) is 14.7. The molecule has 0 saturated heterocycles. The first-order valence-electron chi connectivity index (χ1n) is 8.49. The van der Waals surface area contributed by atoms with Crippen molar-refractivity contribution in [3.05, 3.63) is 48.4 Å². The summed E-state index contributed by atoms with van der Waals surface area (Å²) in [4.78, 5) is 8.48. The van der Waals surface area contributed by atoms with Crippen molar-refractivity contribution in [3.8, 4) is 0 Å². The molecule has 0 fully saturated rings. The lowest BCUT2D eigenvalue weighted by atomic mass is 10.3. The molecule has 0 spiro atoms. The monoisotopic (exact) mass is 340 g/mol. The molecule has 0 atom stereocenters. The molecule has 0 amide bonds. The van der Waals surface area contributed by atoms with Crippen LogP contribution in [-0.4, -0.2) is 43.7 Å². The fourth-order valence-corrected chi connectivity index (χ4v) is 2.65. The Morgan fingerprint density at radius 2 is 2.08 bits per heavy atom. The topological polar surface area (TPSA) is 84.4 Å². The summed E-state index contributed by atoms with van der Waals surface area (Å²) in [6.45, 7) is 4.45. The number of aromatic nitrogens is 5. The normalized spacial score (nSPS) is 11.8. The van der Waals surface area contributed by atoms with E-state index in [9.17, 15) is 0 Å². The first-order valence-corrected chi connectivity index (χ1v) is 8.49. The lowest BCUT2D eigenvalue weighted by Crippen LogP contribution is -2.37. The van der Waals surface area contributed by atoms with Gasteiger partial charge in [0, 0.05) is 38.7 Å². The fourth-order valence-electron chi connectivity index (χ4n) is 2.65. The first kappa shape index (κ1) is 16.9. The van der Waals surface area contributed by atoms with Gasteiger partial charge < -0.3 is 15.2 Å². The summed E-state index contributed by atoms with van der Waals surface area (Å²) in [5.41, 5.74) is 0.844. The fraction of sp³-hybridized carbons (Fsp3) is 0.412. The van der Waals surface area contributed by atoms with E-state index >= 15 is 0 Å². The number of nitrogens with zero attached hydrogens (tertiary/aromatic N) is 6. The highest BCUT2D eigenvalue weighted by Crippen LogP contribution is 2.02. The zero-order valence-corrected chi connectivity index (χ0v) is 14.7. The van der Waals surface area contributed by atoms with Crippen LogP contribution in [0, 0.1) is 6.92 Å².